The second-order valence-electron chi connectivity index (χ2n) is 7.82. The first kappa shape index (κ1) is 17.7. The zero-order chi connectivity index (χ0) is 19.4. The normalized spacial score (nSPS) is 15.8. The number of nitrogens with zero attached hydrogens (tertiary/aromatic N) is 1. The van der Waals surface area contributed by atoms with Crippen LogP contribution in [-0.2, 0) is 26.3 Å². The van der Waals surface area contributed by atoms with Crippen LogP contribution < -0.4 is 10.3 Å². The Hall–Kier alpha value is -2.40. The molecule has 4 nitrogen and oxygen atoms in total. The number of pyridine rings is 1. The van der Waals surface area contributed by atoms with Crippen molar-refractivity contribution in [1.29, 1.82) is 0 Å². The van der Waals surface area contributed by atoms with Gasteiger partial charge in [0, 0.05) is 22.9 Å². The average Bonchev–Trinajstić information content (AvgIpc) is 3.11. The molecule has 0 unspecified atom stereocenters. The number of aryl methyl sites for hydroxylation is 2. The first-order valence-corrected chi connectivity index (χ1v) is 10.8. The minimum Gasteiger partial charge on any atom is -0.493 e. The first-order chi connectivity index (χ1) is 13.6. The molecule has 3 heterocycles. The van der Waals surface area contributed by atoms with E-state index in [1.807, 2.05) is 6.07 Å². The maximum atomic E-state index is 13.0. The fourth-order valence-electron chi connectivity index (χ4n) is 4.83. The number of ether oxygens (including phenoxy) is 1. The van der Waals surface area contributed by atoms with Gasteiger partial charge in [-0.15, -0.1) is 11.3 Å². The number of rotatable bonds is 2. The van der Waals surface area contributed by atoms with Crippen LogP contribution >= 0.6 is 11.3 Å². The van der Waals surface area contributed by atoms with Gasteiger partial charge in [-0.05, 0) is 73.8 Å². The molecule has 0 saturated carbocycles. The van der Waals surface area contributed by atoms with E-state index in [0.29, 0.717) is 5.69 Å². The molecule has 5 heteroatoms. The van der Waals surface area contributed by atoms with Crippen LogP contribution in [0.25, 0.3) is 21.2 Å². The van der Waals surface area contributed by atoms with Gasteiger partial charge in [0.25, 0.3) is 5.56 Å². The Balaban J connectivity index is 1.92. The molecule has 2 aliphatic rings. The molecular formula is C23H23NO3S. The lowest BCUT2D eigenvalue weighted by Crippen LogP contribution is -2.21. The number of hydrogen-bond acceptors (Lipinski definition) is 4. The highest BCUT2D eigenvalue weighted by molar-refractivity contribution is 7.19. The maximum Gasteiger partial charge on any atom is 0.268 e. The smallest absolute Gasteiger partial charge is 0.268 e. The third-order valence-electron chi connectivity index (χ3n) is 6.30. The van der Waals surface area contributed by atoms with Gasteiger partial charge in [-0.3, -0.25) is 9.59 Å². The number of fused-ring (bicyclic) bond motifs is 4. The van der Waals surface area contributed by atoms with Gasteiger partial charge in [-0.25, -0.2) is 0 Å². The molecule has 0 atom stereocenters. The summed E-state index contributed by atoms with van der Waals surface area (Å²) < 4.78 is 8.16. The van der Waals surface area contributed by atoms with Crippen molar-refractivity contribution >= 4 is 27.7 Å². The van der Waals surface area contributed by atoms with Crippen LogP contribution in [0.5, 0.6) is 5.75 Å². The molecule has 3 aromatic rings. The quantitative estimate of drug-likeness (QED) is 0.598. The molecule has 0 spiro atoms. The molecule has 1 aromatic carbocycles. The summed E-state index contributed by atoms with van der Waals surface area (Å²) in [5.41, 5.74) is 6.08. The molecular weight excluding hydrogens is 370 g/mol. The molecule has 5 rings (SSSR count). The lowest BCUT2D eigenvalue weighted by Gasteiger charge is -2.23. The van der Waals surface area contributed by atoms with E-state index in [1.54, 1.807) is 18.4 Å². The van der Waals surface area contributed by atoms with Crippen molar-refractivity contribution in [1.82, 2.24) is 4.57 Å². The third kappa shape index (κ3) is 2.42. The predicted molar refractivity (Wildman–Crippen MR) is 113 cm³/mol. The Labute approximate surface area is 167 Å². The van der Waals surface area contributed by atoms with Crippen LogP contribution in [0.3, 0.4) is 0 Å². The van der Waals surface area contributed by atoms with E-state index < -0.39 is 0 Å². The Morgan fingerprint density at radius 3 is 2.71 bits per heavy atom. The van der Waals surface area contributed by atoms with Crippen LogP contribution in [0.1, 0.15) is 51.3 Å². The summed E-state index contributed by atoms with van der Waals surface area (Å²) in [7, 11) is 1.71. The fraction of sp³-hybridized carbons (Fsp3) is 0.391. The van der Waals surface area contributed by atoms with Gasteiger partial charge in [0.05, 0.1) is 12.3 Å². The monoisotopic (exact) mass is 393 g/mol. The van der Waals surface area contributed by atoms with Crippen LogP contribution in [0.4, 0.5) is 0 Å². The lowest BCUT2D eigenvalue weighted by atomic mass is 9.87. The van der Waals surface area contributed by atoms with E-state index in [4.69, 9.17) is 4.74 Å². The summed E-state index contributed by atoms with van der Waals surface area (Å²) in [6.45, 7) is 2.88. The number of hydrogen-bond donors (Lipinski definition) is 0. The molecule has 0 fully saturated rings. The topological polar surface area (TPSA) is 48.3 Å². The van der Waals surface area contributed by atoms with Gasteiger partial charge in [0.15, 0.2) is 6.29 Å². The molecule has 1 aliphatic heterocycles. The first-order valence-electron chi connectivity index (χ1n) is 10.00. The lowest BCUT2D eigenvalue weighted by molar-refractivity contribution is 0.111. The maximum absolute atomic E-state index is 13.0. The van der Waals surface area contributed by atoms with E-state index in [2.05, 4.69) is 13.0 Å². The molecule has 0 bridgehead atoms. The van der Waals surface area contributed by atoms with Crippen molar-refractivity contribution in [3.05, 3.63) is 49.7 Å². The molecule has 1 aliphatic carbocycles. The zero-order valence-corrected chi connectivity index (χ0v) is 17.1. The second-order valence-corrected chi connectivity index (χ2v) is 8.93. The van der Waals surface area contributed by atoms with Crippen molar-refractivity contribution in [2.45, 2.75) is 45.4 Å². The number of benzene rings is 1. The van der Waals surface area contributed by atoms with Gasteiger partial charge in [0.2, 0.25) is 0 Å². The number of carbonyl (C=O) groups is 1. The second kappa shape index (κ2) is 6.59. The molecule has 0 N–H and O–H groups in total. The minimum atomic E-state index is -0.0563. The van der Waals surface area contributed by atoms with E-state index in [-0.39, 0.29) is 5.56 Å². The van der Waals surface area contributed by atoms with Crippen molar-refractivity contribution in [2.24, 2.45) is 7.05 Å². The summed E-state index contributed by atoms with van der Waals surface area (Å²) in [5, 5.41) is 1.02. The third-order valence-corrected chi connectivity index (χ3v) is 7.58. The van der Waals surface area contributed by atoms with Crippen molar-refractivity contribution in [3.8, 4) is 16.9 Å². The summed E-state index contributed by atoms with van der Waals surface area (Å²) in [4.78, 5) is 26.5. The van der Waals surface area contributed by atoms with Gasteiger partial charge < -0.3 is 9.30 Å². The van der Waals surface area contributed by atoms with E-state index >= 15 is 0 Å². The summed E-state index contributed by atoms with van der Waals surface area (Å²) in [5.74, 6) is 0.952. The molecule has 28 heavy (non-hydrogen) atoms. The Kier molecular flexibility index (Phi) is 4.16. The Morgan fingerprint density at radius 1 is 1.11 bits per heavy atom. The summed E-state index contributed by atoms with van der Waals surface area (Å²) in [6, 6.07) is 4.10. The number of carbonyl (C=O) groups excluding carboxylic acids is 1. The molecule has 144 valence electrons. The van der Waals surface area contributed by atoms with Crippen LogP contribution in [0, 0.1) is 6.92 Å². The van der Waals surface area contributed by atoms with Crippen molar-refractivity contribution in [2.75, 3.05) is 6.61 Å². The number of aromatic nitrogens is 1. The standard InChI is InChI=1S/C23H23NO3S/c1-13-14-7-5-11-27-18(14)10-9-15(13)20-17(12-25)24(2)23(26)22-21(20)16-6-3-4-8-19(16)28-22/h9-10,12H,3-8,11H2,1-2H3. The molecule has 0 radical (unpaired) electrons. The fourth-order valence-corrected chi connectivity index (χ4v) is 6.20. The van der Waals surface area contributed by atoms with Crippen molar-refractivity contribution in [3.63, 3.8) is 0 Å². The molecule has 0 saturated heterocycles. The Bertz CT molecular complexity index is 1190. The van der Waals surface area contributed by atoms with E-state index in [0.717, 1.165) is 77.5 Å². The largest absolute Gasteiger partial charge is 0.493 e. The highest BCUT2D eigenvalue weighted by atomic mass is 32.1. The van der Waals surface area contributed by atoms with Crippen molar-refractivity contribution < 1.29 is 9.53 Å². The summed E-state index contributed by atoms with van der Waals surface area (Å²) >= 11 is 1.63. The SMILES string of the molecule is Cc1c(-c2c(C=O)n(C)c(=O)c3sc4c(c23)CCCC4)ccc2c1CCCO2. The van der Waals surface area contributed by atoms with Gasteiger partial charge >= 0.3 is 0 Å². The number of thiophene rings is 1. The van der Waals surface area contributed by atoms with Gasteiger partial charge in [-0.1, -0.05) is 6.07 Å². The Morgan fingerprint density at radius 2 is 1.89 bits per heavy atom. The average molecular weight is 394 g/mol. The molecule has 0 amide bonds. The highest BCUT2D eigenvalue weighted by Gasteiger charge is 2.26. The molecule has 2 aromatic heterocycles. The van der Waals surface area contributed by atoms with E-state index in [1.165, 1.54) is 27.0 Å². The van der Waals surface area contributed by atoms with Gasteiger partial charge in [-0.2, -0.15) is 0 Å². The van der Waals surface area contributed by atoms with Gasteiger partial charge in [0.1, 0.15) is 10.4 Å². The van der Waals surface area contributed by atoms with Crippen LogP contribution in [0.15, 0.2) is 16.9 Å². The van der Waals surface area contributed by atoms with E-state index in [9.17, 15) is 9.59 Å². The highest BCUT2D eigenvalue weighted by Crippen LogP contribution is 2.43. The summed E-state index contributed by atoms with van der Waals surface area (Å²) in [6.07, 6.45) is 7.17. The minimum absolute atomic E-state index is 0.0563. The van der Waals surface area contributed by atoms with Crippen LogP contribution in [0.2, 0.25) is 0 Å². The van der Waals surface area contributed by atoms with Crippen LogP contribution in [-0.4, -0.2) is 17.5 Å². The zero-order valence-electron chi connectivity index (χ0n) is 16.3. The predicted octanol–water partition coefficient (Wildman–Crippen LogP) is 4.59. The number of aldehydes is 1.